The Hall–Kier alpha value is -1.88. The molecule has 1 aromatic rings. The highest BCUT2D eigenvalue weighted by Gasteiger charge is 2.23. The fourth-order valence-corrected chi connectivity index (χ4v) is 2.51. The maximum Gasteiger partial charge on any atom is 0.253 e. The van der Waals surface area contributed by atoms with Gasteiger partial charge in [-0.15, -0.1) is 0 Å². The minimum atomic E-state index is 0.0845. The van der Waals surface area contributed by atoms with Crippen LogP contribution in [0.5, 0.6) is 0 Å². The summed E-state index contributed by atoms with van der Waals surface area (Å²) in [6.45, 7) is 5.38. The van der Waals surface area contributed by atoms with Crippen LogP contribution in [0.15, 0.2) is 24.3 Å². The molecule has 5 heteroatoms. The summed E-state index contributed by atoms with van der Waals surface area (Å²) < 4.78 is 0. The van der Waals surface area contributed by atoms with Crippen molar-refractivity contribution >= 4 is 11.8 Å². The molecular weight excluding hydrogens is 278 g/mol. The smallest absolute Gasteiger partial charge is 0.253 e. The molecular formula is C17H25N3O2. The van der Waals surface area contributed by atoms with Crippen LogP contribution in [-0.4, -0.2) is 73.3 Å². The summed E-state index contributed by atoms with van der Waals surface area (Å²) in [6, 6.07) is 7.84. The van der Waals surface area contributed by atoms with Gasteiger partial charge in [0.05, 0.1) is 6.54 Å². The molecule has 1 saturated heterocycles. The molecule has 0 unspecified atom stereocenters. The summed E-state index contributed by atoms with van der Waals surface area (Å²) in [6.07, 6.45) is 0.979. The Morgan fingerprint density at radius 2 is 1.64 bits per heavy atom. The van der Waals surface area contributed by atoms with Crippen molar-refractivity contribution in [2.75, 3.05) is 46.8 Å². The number of carbonyl (C=O) groups is 2. The molecule has 120 valence electrons. The number of benzene rings is 1. The second-order valence-electron chi connectivity index (χ2n) is 5.91. The van der Waals surface area contributed by atoms with Crippen LogP contribution >= 0.6 is 0 Å². The van der Waals surface area contributed by atoms with Gasteiger partial charge in [0.15, 0.2) is 0 Å². The van der Waals surface area contributed by atoms with E-state index < -0.39 is 0 Å². The first kappa shape index (κ1) is 16.5. The molecule has 0 bridgehead atoms. The predicted molar refractivity (Wildman–Crippen MR) is 86.9 cm³/mol. The van der Waals surface area contributed by atoms with Gasteiger partial charge in [-0.3, -0.25) is 14.5 Å². The first-order valence-electron chi connectivity index (χ1n) is 7.82. The number of hydrogen-bond acceptors (Lipinski definition) is 3. The van der Waals surface area contributed by atoms with Gasteiger partial charge >= 0.3 is 0 Å². The number of amides is 2. The van der Waals surface area contributed by atoms with Crippen molar-refractivity contribution in [3.8, 4) is 0 Å². The van der Waals surface area contributed by atoms with E-state index in [4.69, 9.17) is 0 Å². The summed E-state index contributed by atoms with van der Waals surface area (Å²) >= 11 is 0. The highest BCUT2D eigenvalue weighted by atomic mass is 16.2. The van der Waals surface area contributed by atoms with E-state index in [1.165, 1.54) is 5.56 Å². The molecule has 1 aliphatic heterocycles. The molecule has 0 radical (unpaired) electrons. The van der Waals surface area contributed by atoms with Crippen molar-refractivity contribution < 1.29 is 9.59 Å². The lowest BCUT2D eigenvalue weighted by atomic mass is 10.1. The monoisotopic (exact) mass is 303 g/mol. The van der Waals surface area contributed by atoms with E-state index in [9.17, 15) is 9.59 Å². The fraction of sp³-hybridized carbons (Fsp3) is 0.529. The summed E-state index contributed by atoms with van der Waals surface area (Å²) in [5, 5.41) is 0. The van der Waals surface area contributed by atoms with E-state index in [0.29, 0.717) is 19.6 Å². The average Bonchev–Trinajstić information content (AvgIpc) is 2.55. The molecule has 1 heterocycles. The number of rotatable bonds is 4. The second kappa shape index (κ2) is 7.40. The van der Waals surface area contributed by atoms with Crippen LogP contribution in [0.2, 0.25) is 0 Å². The minimum Gasteiger partial charge on any atom is -0.348 e. The molecule has 0 spiro atoms. The number of piperazine rings is 1. The number of likely N-dealkylation sites (N-methyl/N-ethyl adjacent to an activating group) is 1. The number of carbonyl (C=O) groups excluding carboxylic acids is 2. The van der Waals surface area contributed by atoms with Gasteiger partial charge in [0.1, 0.15) is 0 Å². The minimum absolute atomic E-state index is 0.0845. The van der Waals surface area contributed by atoms with Gasteiger partial charge in [0.2, 0.25) is 5.91 Å². The van der Waals surface area contributed by atoms with Gasteiger partial charge in [-0.2, -0.15) is 0 Å². The molecule has 2 amide bonds. The second-order valence-corrected chi connectivity index (χ2v) is 5.91. The van der Waals surface area contributed by atoms with Crippen molar-refractivity contribution in [3.05, 3.63) is 35.4 Å². The third-order valence-electron chi connectivity index (χ3n) is 4.13. The first-order valence-corrected chi connectivity index (χ1v) is 7.82. The van der Waals surface area contributed by atoms with Crippen LogP contribution in [0.1, 0.15) is 22.8 Å². The molecule has 0 aliphatic carbocycles. The van der Waals surface area contributed by atoms with Gasteiger partial charge in [0.25, 0.3) is 5.91 Å². The molecule has 2 rings (SSSR count). The lowest BCUT2D eigenvalue weighted by molar-refractivity contribution is -0.130. The van der Waals surface area contributed by atoms with Crippen molar-refractivity contribution in [1.29, 1.82) is 0 Å². The standard InChI is InChI=1S/C17H25N3O2/c1-4-14-5-7-15(8-6-14)17(22)20-11-9-19(10-12-20)13-16(21)18(2)3/h5-8H,4,9-13H2,1-3H3. The number of aryl methyl sites for hydroxylation is 1. The number of nitrogens with zero attached hydrogens (tertiary/aromatic N) is 3. The molecule has 1 aliphatic rings. The Kier molecular flexibility index (Phi) is 5.55. The summed E-state index contributed by atoms with van der Waals surface area (Å²) in [5.41, 5.74) is 1.98. The van der Waals surface area contributed by atoms with Crippen molar-refractivity contribution in [3.63, 3.8) is 0 Å². The van der Waals surface area contributed by atoms with E-state index in [-0.39, 0.29) is 11.8 Å². The maximum absolute atomic E-state index is 12.5. The molecule has 22 heavy (non-hydrogen) atoms. The zero-order valence-electron chi connectivity index (χ0n) is 13.7. The lowest BCUT2D eigenvalue weighted by Gasteiger charge is -2.34. The van der Waals surface area contributed by atoms with Crippen molar-refractivity contribution in [2.24, 2.45) is 0 Å². The average molecular weight is 303 g/mol. The van der Waals surface area contributed by atoms with Gasteiger partial charge in [-0.05, 0) is 24.1 Å². The van der Waals surface area contributed by atoms with Crippen LogP contribution in [0, 0.1) is 0 Å². The molecule has 1 fully saturated rings. The molecule has 0 saturated carbocycles. The largest absolute Gasteiger partial charge is 0.348 e. The molecule has 1 aromatic carbocycles. The van der Waals surface area contributed by atoms with E-state index in [2.05, 4.69) is 11.8 Å². The van der Waals surface area contributed by atoms with Crippen LogP contribution in [0.25, 0.3) is 0 Å². The predicted octanol–water partition coefficient (Wildman–Crippen LogP) is 1.10. The van der Waals surface area contributed by atoms with Gasteiger partial charge in [-0.25, -0.2) is 0 Å². The topological polar surface area (TPSA) is 43.9 Å². The van der Waals surface area contributed by atoms with Gasteiger partial charge in [-0.1, -0.05) is 19.1 Å². The highest BCUT2D eigenvalue weighted by molar-refractivity contribution is 5.94. The quantitative estimate of drug-likeness (QED) is 0.836. The molecule has 0 aromatic heterocycles. The maximum atomic E-state index is 12.5. The molecule has 0 N–H and O–H groups in total. The molecule has 0 atom stereocenters. The fourth-order valence-electron chi connectivity index (χ4n) is 2.51. The summed E-state index contributed by atoms with van der Waals surface area (Å²) in [4.78, 5) is 29.8. The lowest BCUT2D eigenvalue weighted by Crippen LogP contribution is -2.51. The Bertz CT molecular complexity index is 517. The Morgan fingerprint density at radius 1 is 1.05 bits per heavy atom. The summed E-state index contributed by atoms with van der Waals surface area (Å²) in [7, 11) is 3.53. The van der Waals surface area contributed by atoms with Crippen LogP contribution in [0.3, 0.4) is 0 Å². The van der Waals surface area contributed by atoms with Crippen molar-refractivity contribution in [2.45, 2.75) is 13.3 Å². The van der Waals surface area contributed by atoms with Crippen LogP contribution in [-0.2, 0) is 11.2 Å². The van der Waals surface area contributed by atoms with Crippen LogP contribution < -0.4 is 0 Å². The van der Waals surface area contributed by atoms with E-state index in [0.717, 1.165) is 25.1 Å². The van der Waals surface area contributed by atoms with E-state index >= 15 is 0 Å². The van der Waals surface area contributed by atoms with E-state index in [1.807, 2.05) is 29.2 Å². The molecule has 5 nitrogen and oxygen atoms in total. The Balaban J connectivity index is 1.87. The zero-order chi connectivity index (χ0) is 16.1. The van der Waals surface area contributed by atoms with Gasteiger partial charge < -0.3 is 9.80 Å². The summed E-state index contributed by atoms with van der Waals surface area (Å²) in [5.74, 6) is 0.191. The third kappa shape index (κ3) is 4.07. The first-order chi connectivity index (χ1) is 10.5. The van der Waals surface area contributed by atoms with E-state index in [1.54, 1.807) is 19.0 Å². The highest BCUT2D eigenvalue weighted by Crippen LogP contribution is 2.11. The third-order valence-corrected chi connectivity index (χ3v) is 4.13. The Labute approximate surface area is 132 Å². The number of hydrogen-bond donors (Lipinski definition) is 0. The van der Waals surface area contributed by atoms with Crippen molar-refractivity contribution in [1.82, 2.24) is 14.7 Å². The zero-order valence-corrected chi connectivity index (χ0v) is 13.7. The van der Waals surface area contributed by atoms with Crippen LogP contribution in [0.4, 0.5) is 0 Å². The normalized spacial score (nSPS) is 15.7. The van der Waals surface area contributed by atoms with Gasteiger partial charge in [0, 0.05) is 45.8 Å². The SMILES string of the molecule is CCc1ccc(C(=O)N2CCN(CC(=O)N(C)C)CC2)cc1. The Morgan fingerprint density at radius 3 is 2.14 bits per heavy atom.